The van der Waals surface area contributed by atoms with E-state index in [4.69, 9.17) is 0 Å². The third kappa shape index (κ3) is 4.20. The second-order valence-electron chi connectivity index (χ2n) is 6.96. The molecule has 0 unspecified atom stereocenters. The van der Waals surface area contributed by atoms with Crippen LogP contribution in [0.2, 0.25) is 0 Å². The van der Waals surface area contributed by atoms with E-state index in [1.807, 2.05) is 29.2 Å². The molecule has 1 fully saturated rings. The second-order valence-corrected chi connectivity index (χ2v) is 6.96. The summed E-state index contributed by atoms with van der Waals surface area (Å²) in [4.78, 5) is 41.9. The Morgan fingerprint density at radius 1 is 1.00 bits per heavy atom. The van der Waals surface area contributed by atoms with Crippen LogP contribution in [0.4, 0.5) is 5.95 Å². The van der Waals surface area contributed by atoms with Crippen molar-refractivity contribution in [3.8, 4) is 0 Å². The summed E-state index contributed by atoms with van der Waals surface area (Å²) in [5.41, 5.74) is 0.891. The number of aromatic nitrogens is 3. The molecule has 30 heavy (non-hydrogen) atoms. The third-order valence-electron chi connectivity index (χ3n) is 5.04. The summed E-state index contributed by atoms with van der Waals surface area (Å²) in [6.45, 7) is 1.58. The number of amides is 2. The Labute approximate surface area is 173 Å². The average Bonchev–Trinajstić information content (AvgIpc) is 2.82. The second kappa shape index (κ2) is 8.83. The predicted molar refractivity (Wildman–Crippen MR) is 111 cm³/mol. The van der Waals surface area contributed by atoms with Gasteiger partial charge >= 0.3 is 0 Å². The van der Waals surface area contributed by atoms with E-state index in [2.05, 4.69) is 20.3 Å². The lowest BCUT2D eigenvalue weighted by molar-refractivity contribution is -0.134. The van der Waals surface area contributed by atoms with Crippen molar-refractivity contribution in [3.63, 3.8) is 0 Å². The van der Waals surface area contributed by atoms with Gasteiger partial charge in [0.2, 0.25) is 11.9 Å². The van der Waals surface area contributed by atoms with Gasteiger partial charge < -0.3 is 20.2 Å². The molecule has 154 valence electrons. The van der Waals surface area contributed by atoms with Gasteiger partial charge in [-0.2, -0.15) is 0 Å². The van der Waals surface area contributed by atoms with E-state index in [0.717, 1.165) is 5.39 Å². The van der Waals surface area contributed by atoms with E-state index in [-0.39, 0.29) is 11.6 Å². The molecule has 9 heteroatoms. The number of benzene rings is 1. The highest BCUT2D eigenvalue weighted by molar-refractivity contribution is 5.97. The molecule has 0 spiro atoms. The van der Waals surface area contributed by atoms with Gasteiger partial charge in [0, 0.05) is 44.0 Å². The molecule has 3 aromatic rings. The summed E-state index contributed by atoms with van der Waals surface area (Å²) >= 11 is 0. The number of anilines is 1. The van der Waals surface area contributed by atoms with E-state index in [0.29, 0.717) is 37.6 Å². The molecule has 3 heterocycles. The zero-order chi connectivity index (χ0) is 20.9. The quantitative estimate of drug-likeness (QED) is 0.633. The minimum Gasteiger partial charge on any atom is -0.394 e. The van der Waals surface area contributed by atoms with Gasteiger partial charge in [0.15, 0.2) is 0 Å². The first-order chi connectivity index (χ1) is 14.7. The number of piperazine rings is 1. The smallest absolute Gasteiger partial charge is 0.270 e. The van der Waals surface area contributed by atoms with Crippen molar-refractivity contribution >= 4 is 28.7 Å². The summed E-state index contributed by atoms with van der Waals surface area (Å²) in [5, 5.41) is 13.2. The normalized spacial score (nSPS) is 15.1. The molecule has 0 saturated carbocycles. The van der Waals surface area contributed by atoms with E-state index < -0.39 is 18.6 Å². The molecule has 4 rings (SSSR count). The highest BCUT2D eigenvalue weighted by atomic mass is 16.3. The zero-order valence-electron chi connectivity index (χ0n) is 16.3. The number of fused-ring (bicyclic) bond motifs is 1. The number of carbonyl (C=O) groups is 2. The molecule has 1 aromatic carbocycles. The molecule has 1 atom stereocenters. The number of hydrogen-bond acceptors (Lipinski definition) is 7. The minimum absolute atomic E-state index is 0.200. The summed E-state index contributed by atoms with van der Waals surface area (Å²) in [5.74, 6) is -0.191. The highest BCUT2D eigenvalue weighted by Gasteiger charge is 2.29. The number of carbonyl (C=O) groups excluding carboxylic acids is 2. The highest BCUT2D eigenvalue weighted by Crippen LogP contribution is 2.13. The summed E-state index contributed by atoms with van der Waals surface area (Å²) < 4.78 is 0. The van der Waals surface area contributed by atoms with Crippen LogP contribution in [0, 0.1) is 0 Å². The number of nitrogens with one attached hydrogen (secondary N) is 1. The lowest BCUT2D eigenvalue weighted by atomic mass is 10.2. The van der Waals surface area contributed by atoms with Crippen LogP contribution in [0.1, 0.15) is 10.5 Å². The van der Waals surface area contributed by atoms with Crippen LogP contribution < -0.4 is 10.2 Å². The van der Waals surface area contributed by atoms with Crippen LogP contribution in [0.5, 0.6) is 0 Å². The fourth-order valence-corrected chi connectivity index (χ4v) is 3.41. The number of aliphatic hydroxyl groups excluding tert-OH is 1. The Kier molecular flexibility index (Phi) is 5.80. The van der Waals surface area contributed by atoms with Crippen LogP contribution >= 0.6 is 0 Å². The van der Waals surface area contributed by atoms with E-state index in [9.17, 15) is 14.7 Å². The molecule has 1 aliphatic rings. The van der Waals surface area contributed by atoms with Crippen LogP contribution in [0.3, 0.4) is 0 Å². The summed E-state index contributed by atoms with van der Waals surface area (Å²) in [7, 11) is 0. The molecule has 2 amide bonds. The minimum atomic E-state index is -1.02. The summed E-state index contributed by atoms with van der Waals surface area (Å²) in [6.07, 6.45) is 3.36. The Bertz CT molecular complexity index is 1040. The standard InChI is InChI=1S/C21H22N6O3/c28-14-18(25-19(29)17-7-6-15-4-1-2-5-16(15)24-17)20(30)26-10-12-27(13-11-26)21-22-8-3-9-23-21/h1-9,18,28H,10-14H2,(H,25,29)/t18-/m0/s1. The van der Waals surface area contributed by atoms with Crippen molar-refractivity contribution in [2.75, 3.05) is 37.7 Å². The molecule has 1 saturated heterocycles. The molecule has 0 radical (unpaired) electrons. The molecule has 2 aromatic heterocycles. The first kappa shape index (κ1) is 19.7. The number of pyridine rings is 1. The van der Waals surface area contributed by atoms with E-state index >= 15 is 0 Å². The average molecular weight is 406 g/mol. The van der Waals surface area contributed by atoms with Crippen molar-refractivity contribution < 1.29 is 14.7 Å². The van der Waals surface area contributed by atoms with Crippen molar-refractivity contribution in [1.82, 2.24) is 25.2 Å². The van der Waals surface area contributed by atoms with Crippen LogP contribution in [0.15, 0.2) is 54.9 Å². The van der Waals surface area contributed by atoms with Crippen molar-refractivity contribution in [2.24, 2.45) is 0 Å². The molecule has 2 N–H and O–H groups in total. The number of rotatable bonds is 5. The van der Waals surface area contributed by atoms with Gasteiger partial charge in [-0.05, 0) is 18.2 Å². The van der Waals surface area contributed by atoms with E-state index in [1.54, 1.807) is 35.5 Å². The van der Waals surface area contributed by atoms with Gasteiger partial charge in [-0.1, -0.05) is 24.3 Å². The van der Waals surface area contributed by atoms with Crippen molar-refractivity contribution in [2.45, 2.75) is 6.04 Å². The van der Waals surface area contributed by atoms with Gasteiger partial charge in [0.05, 0.1) is 12.1 Å². The molecule has 0 bridgehead atoms. The molecule has 0 aliphatic carbocycles. The van der Waals surface area contributed by atoms with Crippen molar-refractivity contribution in [1.29, 1.82) is 0 Å². The maximum absolute atomic E-state index is 12.8. The van der Waals surface area contributed by atoms with Crippen LogP contribution in [-0.4, -0.2) is 75.6 Å². The largest absolute Gasteiger partial charge is 0.394 e. The number of hydrogen-bond donors (Lipinski definition) is 2. The monoisotopic (exact) mass is 406 g/mol. The fourth-order valence-electron chi connectivity index (χ4n) is 3.41. The molecular formula is C21H22N6O3. The lowest BCUT2D eigenvalue weighted by Crippen LogP contribution is -2.56. The van der Waals surface area contributed by atoms with Crippen molar-refractivity contribution in [3.05, 3.63) is 60.6 Å². The lowest BCUT2D eigenvalue weighted by Gasteiger charge is -2.36. The SMILES string of the molecule is O=C(N[C@@H](CO)C(=O)N1CCN(c2ncccn2)CC1)c1ccc2ccccc2n1. The topological polar surface area (TPSA) is 112 Å². The van der Waals surface area contributed by atoms with Crippen LogP contribution in [0.25, 0.3) is 10.9 Å². The Balaban J connectivity index is 1.38. The van der Waals surface area contributed by atoms with Gasteiger partial charge in [-0.15, -0.1) is 0 Å². The van der Waals surface area contributed by atoms with Gasteiger partial charge in [0.25, 0.3) is 5.91 Å². The first-order valence-electron chi connectivity index (χ1n) is 9.74. The van der Waals surface area contributed by atoms with Gasteiger partial charge in [-0.25, -0.2) is 15.0 Å². The number of nitrogens with zero attached hydrogens (tertiary/aromatic N) is 5. The number of para-hydroxylation sites is 1. The molecule has 9 nitrogen and oxygen atoms in total. The Morgan fingerprint density at radius 2 is 1.73 bits per heavy atom. The Hall–Kier alpha value is -3.59. The van der Waals surface area contributed by atoms with Crippen LogP contribution in [-0.2, 0) is 4.79 Å². The fraction of sp³-hybridized carbons (Fsp3) is 0.286. The summed E-state index contributed by atoms with van der Waals surface area (Å²) in [6, 6.07) is 11.6. The van der Waals surface area contributed by atoms with Gasteiger partial charge in [-0.3, -0.25) is 9.59 Å². The first-order valence-corrected chi connectivity index (χ1v) is 9.74. The number of aliphatic hydroxyl groups is 1. The maximum atomic E-state index is 12.8. The predicted octanol–water partition coefficient (Wildman–Crippen LogP) is 0.464. The van der Waals surface area contributed by atoms with E-state index in [1.165, 1.54) is 0 Å². The zero-order valence-corrected chi connectivity index (χ0v) is 16.3. The Morgan fingerprint density at radius 3 is 2.47 bits per heavy atom. The molecular weight excluding hydrogens is 384 g/mol. The molecule has 1 aliphatic heterocycles. The third-order valence-corrected chi connectivity index (χ3v) is 5.04. The van der Waals surface area contributed by atoms with Gasteiger partial charge in [0.1, 0.15) is 11.7 Å². The maximum Gasteiger partial charge on any atom is 0.270 e.